The molecule has 0 nitrogen and oxygen atoms in total. The Morgan fingerprint density at radius 2 is 2.06 bits per heavy atom. The van der Waals surface area contributed by atoms with E-state index in [1.165, 1.54) is 0 Å². The normalized spacial score (nSPS) is 10.7. The number of aryl methyl sites for hydroxylation is 2. The smallest absolute Gasteiger partial charge is 0.127 e. The molecule has 16 heavy (non-hydrogen) atoms. The number of hydrogen-bond acceptors (Lipinski definition) is 0. The fraction of sp³-hybridized carbons (Fsp3) is 0.200. The Kier molecular flexibility index (Phi) is 2.78. The lowest BCUT2D eigenvalue weighted by molar-refractivity contribution is 0.615. The molecule has 2 rings (SSSR count). The third-order valence-electron chi connectivity index (χ3n) is 2.98. The van der Waals surface area contributed by atoms with E-state index in [0.29, 0.717) is 0 Å². The topological polar surface area (TPSA) is 0 Å². The zero-order valence-electron chi connectivity index (χ0n) is 9.68. The molecule has 82 valence electrons. The van der Waals surface area contributed by atoms with E-state index in [0.717, 1.165) is 33.9 Å². The van der Waals surface area contributed by atoms with Crippen LogP contribution in [0.25, 0.3) is 16.8 Å². The van der Waals surface area contributed by atoms with Gasteiger partial charge in [0.25, 0.3) is 0 Å². The molecule has 0 aliphatic rings. The van der Waals surface area contributed by atoms with E-state index in [4.69, 9.17) is 0 Å². The van der Waals surface area contributed by atoms with Crippen LogP contribution in [0.4, 0.5) is 4.39 Å². The van der Waals surface area contributed by atoms with Crippen molar-refractivity contribution in [1.82, 2.24) is 0 Å². The van der Waals surface area contributed by atoms with Gasteiger partial charge in [0, 0.05) is 0 Å². The van der Waals surface area contributed by atoms with Crippen molar-refractivity contribution in [2.24, 2.45) is 0 Å². The fourth-order valence-electron chi connectivity index (χ4n) is 2.23. The number of fused-ring (bicyclic) bond motifs is 1. The fourth-order valence-corrected chi connectivity index (χ4v) is 2.23. The van der Waals surface area contributed by atoms with Gasteiger partial charge in [0.1, 0.15) is 5.82 Å². The molecule has 0 N–H and O–H groups in total. The average molecular weight is 214 g/mol. The highest BCUT2D eigenvalue weighted by molar-refractivity contribution is 5.90. The summed E-state index contributed by atoms with van der Waals surface area (Å²) in [5.41, 5.74) is 3.01. The summed E-state index contributed by atoms with van der Waals surface area (Å²) in [7, 11) is 0. The van der Waals surface area contributed by atoms with E-state index < -0.39 is 0 Å². The summed E-state index contributed by atoms with van der Waals surface area (Å²) in [6.45, 7) is 7.77. The SMILES string of the molecule is C=Cc1cc(C)c2c(CC)c(F)ccc2c1. The molecule has 0 saturated heterocycles. The van der Waals surface area contributed by atoms with E-state index in [2.05, 4.69) is 6.58 Å². The third kappa shape index (κ3) is 1.63. The molecule has 2 aromatic rings. The van der Waals surface area contributed by atoms with E-state index >= 15 is 0 Å². The monoisotopic (exact) mass is 214 g/mol. The van der Waals surface area contributed by atoms with Gasteiger partial charge < -0.3 is 0 Å². The van der Waals surface area contributed by atoms with Crippen LogP contribution in [-0.2, 0) is 6.42 Å². The summed E-state index contributed by atoms with van der Waals surface area (Å²) in [5, 5.41) is 2.14. The molecular formula is C15H15F. The van der Waals surface area contributed by atoms with Crippen molar-refractivity contribution in [2.45, 2.75) is 20.3 Å². The van der Waals surface area contributed by atoms with Gasteiger partial charge in [-0.15, -0.1) is 0 Å². The standard InChI is InChI=1S/C15H15F/c1-4-11-8-10(3)15-12(9-11)6-7-14(16)13(15)5-2/h4,6-9H,1,5H2,2-3H3. The van der Waals surface area contributed by atoms with Crippen LogP contribution in [0.2, 0.25) is 0 Å². The van der Waals surface area contributed by atoms with Crippen LogP contribution in [0, 0.1) is 12.7 Å². The van der Waals surface area contributed by atoms with Crippen LogP contribution < -0.4 is 0 Å². The first-order chi connectivity index (χ1) is 7.67. The molecule has 0 aromatic heterocycles. The molecule has 0 radical (unpaired) electrons. The molecule has 0 aliphatic heterocycles. The minimum Gasteiger partial charge on any atom is -0.207 e. The first-order valence-electron chi connectivity index (χ1n) is 5.51. The summed E-state index contributed by atoms with van der Waals surface area (Å²) >= 11 is 0. The highest BCUT2D eigenvalue weighted by atomic mass is 19.1. The summed E-state index contributed by atoms with van der Waals surface area (Å²) in [6.07, 6.45) is 2.54. The van der Waals surface area contributed by atoms with Crippen LogP contribution in [0.3, 0.4) is 0 Å². The molecule has 0 heterocycles. The van der Waals surface area contributed by atoms with E-state index in [1.54, 1.807) is 6.07 Å². The molecule has 0 amide bonds. The van der Waals surface area contributed by atoms with Gasteiger partial charge in [0.15, 0.2) is 0 Å². The second kappa shape index (κ2) is 4.09. The summed E-state index contributed by atoms with van der Waals surface area (Å²) < 4.78 is 13.7. The second-order valence-corrected chi connectivity index (χ2v) is 4.02. The maximum absolute atomic E-state index is 13.7. The number of benzene rings is 2. The summed E-state index contributed by atoms with van der Waals surface area (Å²) in [4.78, 5) is 0. The van der Waals surface area contributed by atoms with Crippen LogP contribution >= 0.6 is 0 Å². The van der Waals surface area contributed by atoms with Crippen molar-refractivity contribution < 1.29 is 4.39 Å². The molecule has 1 heteroatoms. The predicted octanol–water partition coefficient (Wildman–Crippen LogP) is 4.49. The van der Waals surface area contributed by atoms with Crippen molar-refractivity contribution in [3.05, 3.63) is 53.4 Å². The molecule has 0 spiro atoms. The van der Waals surface area contributed by atoms with Gasteiger partial charge in [-0.05, 0) is 52.9 Å². The van der Waals surface area contributed by atoms with Crippen LogP contribution in [0.15, 0.2) is 30.8 Å². The Morgan fingerprint density at radius 3 is 2.69 bits per heavy atom. The highest BCUT2D eigenvalue weighted by Gasteiger charge is 2.08. The lowest BCUT2D eigenvalue weighted by Gasteiger charge is -2.10. The van der Waals surface area contributed by atoms with E-state index in [9.17, 15) is 4.39 Å². The molecule has 0 atom stereocenters. The van der Waals surface area contributed by atoms with Gasteiger partial charge in [0.2, 0.25) is 0 Å². The molecule has 0 aliphatic carbocycles. The first-order valence-corrected chi connectivity index (χ1v) is 5.51. The first kappa shape index (κ1) is 10.9. The predicted molar refractivity (Wildman–Crippen MR) is 68.1 cm³/mol. The lowest BCUT2D eigenvalue weighted by atomic mass is 9.96. The van der Waals surface area contributed by atoms with Crippen molar-refractivity contribution in [2.75, 3.05) is 0 Å². The van der Waals surface area contributed by atoms with Gasteiger partial charge in [-0.1, -0.05) is 31.7 Å². The van der Waals surface area contributed by atoms with Gasteiger partial charge in [-0.3, -0.25) is 0 Å². The van der Waals surface area contributed by atoms with Gasteiger partial charge in [0.05, 0.1) is 0 Å². The van der Waals surface area contributed by atoms with Crippen molar-refractivity contribution in [3.63, 3.8) is 0 Å². The molecule has 0 fully saturated rings. The third-order valence-corrected chi connectivity index (χ3v) is 2.98. The lowest BCUT2D eigenvalue weighted by Crippen LogP contribution is -1.93. The van der Waals surface area contributed by atoms with Gasteiger partial charge in [-0.2, -0.15) is 0 Å². The minimum absolute atomic E-state index is 0.107. The summed E-state index contributed by atoms with van der Waals surface area (Å²) in [5.74, 6) is -0.107. The maximum atomic E-state index is 13.7. The molecule has 0 bridgehead atoms. The molecule has 0 unspecified atom stereocenters. The van der Waals surface area contributed by atoms with Crippen molar-refractivity contribution in [3.8, 4) is 0 Å². The maximum Gasteiger partial charge on any atom is 0.127 e. The molecule has 0 saturated carbocycles. The Bertz CT molecular complexity index is 553. The second-order valence-electron chi connectivity index (χ2n) is 4.02. The van der Waals surface area contributed by atoms with Crippen molar-refractivity contribution >= 4 is 16.8 Å². The zero-order chi connectivity index (χ0) is 11.7. The Balaban J connectivity index is 2.88. The molecular weight excluding hydrogens is 199 g/mol. The number of rotatable bonds is 2. The average Bonchev–Trinajstić information content (AvgIpc) is 2.29. The van der Waals surface area contributed by atoms with Crippen LogP contribution in [0.1, 0.15) is 23.6 Å². The largest absolute Gasteiger partial charge is 0.207 e. The Hall–Kier alpha value is -1.63. The van der Waals surface area contributed by atoms with Crippen LogP contribution in [0.5, 0.6) is 0 Å². The number of halogens is 1. The zero-order valence-corrected chi connectivity index (χ0v) is 9.68. The Labute approximate surface area is 95.4 Å². The minimum atomic E-state index is -0.107. The van der Waals surface area contributed by atoms with E-state index in [1.807, 2.05) is 38.1 Å². The highest BCUT2D eigenvalue weighted by Crippen LogP contribution is 2.27. The van der Waals surface area contributed by atoms with Crippen molar-refractivity contribution in [1.29, 1.82) is 0 Å². The Morgan fingerprint density at radius 1 is 1.31 bits per heavy atom. The summed E-state index contributed by atoms with van der Waals surface area (Å²) in [6, 6.07) is 7.49. The van der Waals surface area contributed by atoms with Gasteiger partial charge >= 0.3 is 0 Å². The quantitative estimate of drug-likeness (QED) is 0.690. The van der Waals surface area contributed by atoms with Crippen LogP contribution in [-0.4, -0.2) is 0 Å². The van der Waals surface area contributed by atoms with E-state index in [-0.39, 0.29) is 5.82 Å². The number of hydrogen-bond donors (Lipinski definition) is 0. The van der Waals surface area contributed by atoms with Gasteiger partial charge in [-0.25, -0.2) is 4.39 Å². The molecule has 2 aromatic carbocycles.